The van der Waals surface area contributed by atoms with E-state index in [1.165, 1.54) is 12.0 Å². The highest BCUT2D eigenvalue weighted by atomic mass is 16.2. The van der Waals surface area contributed by atoms with Crippen LogP contribution in [-0.4, -0.2) is 30.4 Å². The number of carbonyl (C=O) groups excluding carboxylic acids is 1. The van der Waals surface area contributed by atoms with Gasteiger partial charge in [0.2, 0.25) is 5.91 Å². The molecule has 1 atom stereocenters. The summed E-state index contributed by atoms with van der Waals surface area (Å²) in [6.45, 7) is 7.21. The molecule has 1 amide bonds. The average Bonchev–Trinajstić information content (AvgIpc) is 2.34. The van der Waals surface area contributed by atoms with Gasteiger partial charge in [-0.25, -0.2) is 0 Å². The van der Waals surface area contributed by atoms with E-state index in [4.69, 9.17) is 0 Å². The van der Waals surface area contributed by atoms with Crippen molar-refractivity contribution >= 4 is 11.6 Å². The van der Waals surface area contributed by atoms with Gasteiger partial charge in [0.1, 0.15) is 0 Å². The van der Waals surface area contributed by atoms with Gasteiger partial charge in [0.15, 0.2) is 0 Å². The lowest BCUT2D eigenvalue weighted by Gasteiger charge is -2.31. The fourth-order valence-corrected chi connectivity index (χ4v) is 2.99. The Morgan fingerprint density at radius 3 is 2.42 bits per heavy atom. The molecular weight excluding hydrogens is 236 g/mol. The fourth-order valence-electron chi connectivity index (χ4n) is 2.99. The van der Waals surface area contributed by atoms with Crippen molar-refractivity contribution < 1.29 is 4.79 Å². The first-order valence-corrected chi connectivity index (χ1v) is 7.08. The van der Waals surface area contributed by atoms with E-state index in [1.54, 1.807) is 0 Å². The zero-order valence-corrected chi connectivity index (χ0v) is 12.4. The van der Waals surface area contributed by atoms with Gasteiger partial charge in [0, 0.05) is 5.69 Å². The normalized spacial score (nSPS) is 20.3. The smallest absolute Gasteiger partial charge is 0.241 e. The Kier molecular flexibility index (Phi) is 4.25. The van der Waals surface area contributed by atoms with Gasteiger partial charge in [-0.05, 0) is 58.3 Å². The first-order valence-electron chi connectivity index (χ1n) is 7.08. The molecule has 1 aliphatic heterocycles. The van der Waals surface area contributed by atoms with Crippen molar-refractivity contribution in [3.63, 3.8) is 0 Å². The topological polar surface area (TPSA) is 32.3 Å². The van der Waals surface area contributed by atoms with Crippen LogP contribution in [0.4, 0.5) is 5.69 Å². The second kappa shape index (κ2) is 5.74. The Balaban J connectivity index is 2.14. The summed E-state index contributed by atoms with van der Waals surface area (Å²) in [6.07, 6.45) is 3.31. The molecule has 0 aliphatic carbocycles. The van der Waals surface area contributed by atoms with Gasteiger partial charge in [-0.15, -0.1) is 0 Å². The summed E-state index contributed by atoms with van der Waals surface area (Å²) >= 11 is 0. The number of likely N-dealkylation sites (tertiary alicyclic amines) is 1. The molecule has 1 saturated heterocycles. The van der Waals surface area contributed by atoms with Crippen LogP contribution in [0.2, 0.25) is 0 Å². The molecule has 1 aromatic rings. The highest BCUT2D eigenvalue weighted by Gasteiger charge is 2.26. The van der Waals surface area contributed by atoms with Crippen LogP contribution in [0.5, 0.6) is 0 Å². The third-order valence-electron chi connectivity index (χ3n) is 4.00. The van der Waals surface area contributed by atoms with Crippen LogP contribution in [0.15, 0.2) is 12.1 Å². The lowest BCUT2D eigenvalue weighted by atomic mass is 10.0. The van der Waals surface area contributed by atoms with Gasteiger partial charge in [0.25, 0.3) is 0 Å². The minimum absolute atomic E-state index is 0.0221. The number of hydrogen-bond acceptors (Lipinski definition) is 2. The number of aryl methyl sites for hydroxylation is 3. The third kappa shape index (κ3) is 3.16. The third-order valence-corrected chi connectivity index (χ3v) is 4.00. The van der Waals surface area contributed by atoms with Crippen LogP contribution in [0.3, 0.4) is 0 Å². The lowest BCUT2D eigenvalue weighted by molar-refractivity contribution is -0.121. The molecule has 1 heterocycles. The number of piperidine rings is 1. The second-order valence-corrected chi connectivity index (χ2v) is 5.76. The molecule has 104 valence electrons. The number of nitrogens with zero attached hydrogens (tertiary/aromatic N) is 1. The Bertz CT molecular complexity index is 459. The molecular formula is C16H24N2O. The molecule has 1 fully saturated rings. The van der Waals surface area contributed by atoms with E-state index in [-0.39, 0.29) is 11.9 Å². The standard InChI is InChI=1S/C16H24N2O/c1-11-9-12(2)15(13(3)10-11)17-16(19)14-7-5-6-8-18(14)4/h9-10,14H,5-8H2,1-4H3,(H,17,19)/t14-/m1/s1. The number of anilines is 1. The van der Waals surface area contributed by atoms with E-state index in [9.17, 15) is 4.79 Å². The molecule has 0 bridgehead atoms. The van der Waals surface area contributed by atoms with Crippen molar-refractivity contribution in [2.45, 2.75) is 46.1 Å². The van der Waals surface area contributed by atoms with E-state index in [1.807, 2.05) is 7.05 Å². The first kappa shape index (κ1) is 14.1. The molecule has 1 aromatic carbocycles. The summed E-state index contributed by atoms with van der Waals surface area (Å²) in [6, 6.07) is 4.26. The van der Waals surface area contributed by atoms with Crippen molar-refractivity contribution in [3.05, 3.63) is 28.8 Å². The van der Waals surface area contributed by atoms with Crippen LogP contribution in [0, 0.1) is 20.8 Å². The molecule has 0 unspecified atom stereocenters. The van der Waals surface area contributed by atoms with Gasteiger partial charge in [-0.2, -0.15) is 0 Å². The maximum Gasteiger partial charge on any atom is 0.241 e. The SMILES string of the molecule is Cc1cc(C)c(NC(=O)[C@H]2CCCCN2C)c(C)c1. The summed E-state index contributed by atoms with van der Waals surface area (Å²) < 4.78 is 0. The summed E-state index contributed by atoms with van der Waals surface area (Å²) in [5.41, 5.74) is 4.51. The Labute approximate surface area is 116 Å². The number of nitrogens with one attached hydrogen (secondary N) is 1. The largest absolute Gasteiger partial charge is 0.324 e. The van der Waals surface area contributed by atoms with Crippen LogP contribution in [0.1, 0.15) is 36.0 Å². The molecule has 3 nitrogen and oxygen atoms in total. The molecule has 0 spiro atoms. The minimum atomic E-state index is 0.0221. The van der Waals surface area contributed by atoms with Crippen molar-refractivity contribution in [3.8, 4) is 0 Å². The summed E-state index contributed by atoms with van der Waals surface area (Å²) in [4.78, 5) is 14.6. The minimum Gasteiger partial charge on any atom is -0.324 e. The van der Waals surface area contributed by atoms with Crippen molar-refractivity contribution in [2.24, 2.45) is 0 Å². The number of likely N-dealkylation sites (N-methyl/N-ethyl adjacent to an activating group) is 1. The van der Waals surface area contributed by atoms with E-state index in [2.05, 4.69) is 43.1 Å². The predicted octanol–water partition coefficient (Wildman–Crippen LogP) is 3.03. The Morgan fingerprint density at radius 2 is 1.84 bits per heavy atom. The van der Waals surface area contributed by atoms with E-state index in [0.717, 1.165) is 36.2 Å². The van der Waals surface area contributed by atoms with Crippen molar-refractivity contribution in [1.82, 2.24) is 4.90 Å². The average molecular weight is 260 g/mol. The summed E-state index contributed by atoms with van der Waals surface area (Å²) in [5.74, 6) is 0.136. The van der Waals surface area contributed by atoms with Gasteiger partial charge >= 0.3 is 0 Å². The molecule has 1 aliphatic rings. The van der Waals surface area contributed by atoms with Gasteiger partial charge in [-0.3, -0.25) is 9.69 Å². The zero-order valence-electron chi connectivity index (χ0n) is 12.4. The zero-order chi connectivity index (χ0) is 14.0. The monoisotopic (exact) mass is 260 g/mol. The number of carbonyl (C=O) groups is 1. The maximum atomic E-state index is 12.4. The number of benzene rings is 1. The van der Waals surface area contributed by atoms with Crippen LogP contribution in [0.25, 0.3) is 0 Å². The molecule has 0 aromatic heterocycles. The van der Waals surface area contributed by atoms with Crippen LogP contribution in [-0.2, 0) is 4.79 Å². The van der Waals surface area contributed by atoms with E-state index < -0.39 is 0 Å². The molecule has 0 radical (unpaired) electrons. The Hall–Kier alpha value is -1.35. The molecule has 3 heteroatoms. The van der Waals surface area contributed by atoms with Crippen molar-refractivity contribution in [1.29, 1.82) is 0 Å². The molecule has 2 rings (SSSR count). The predicted molar refractivity (Wildman–Crippen MR) is 79.6 cm³/mol. The fraction of sp³-hybridized carbons (Fsp3) is 0.562. The van der Waals surface area contributed by atoms with Crippen LogP contribution < -0.4 is 5.32 Å². The van der Waals surface area contributed by atoms with Crippen molar-refractivity contribution in [2.75, 3.05) is 18.9 Å². The van der Waals surface area contributed by atoms with Crippen LogP contribution >= 0.6 is 0 Å². The summed E-state index contributed by atoms with van der Waals surface area (Å²) in [7, 11) is 2.04. The van der Waals surface area contributed by atoms with E-state index >= 15 is 0 Å². The second-order valence-electron chi connectivity index (χ2n) is 5.76. The number of hydrogen-bond donors (Lipinski definition) is 1. The molecule has 0 saturated carbocycles. The molecule has 1 N–H and O–H groups in total. The number of rotatable bonds is 2. The molecule has 19 heavy (non-hydrogen) atoms. The van der Waals surface area contributed by atoms with Gasteiger partial charge < -0.3 is 5.32 Å². The lowest BCUT2D eigenvalue weighted by Crippen LogP contribution is -2.44. The van der Waals surface area contributed by atoms with E-state index in [0.29, 0.717) is 0 Å². The van der Waals surface area contributed by atoms with Gasteiger partial charge in [0.05, 0.1) is 6.04 Å². The first-order chi connectivity index (χ1) is 8.99. The Morgan fingerprint density at radius 1 is 1.21 bits per heavy atom. The number of amides is 1. The highest BCUT2D eigenvalue weighted by Crippen LogP contribution is 2.23. The quantitative estimate of drug-likeness (QED) is 0.886. The summed E-state index contributed by atoms with van der Waals surface area (Å²) in [5, 5.41) is 3.13. The van der Waals surface area contributed by atoms with Gasteiger partial charge in [-0.1, -0.05) is 24.1 Å². The maximum absolute atomic E-state index is 12.4. The highest BCUT2D eigenvalue weighted by molar-refractivity contribution is 5.96.